The molecule has 31 heavy (non-hydrogen) atoms. The van der Waals surface area contributed by atoms with Crippen molar-refractivity contribution in [1.82, 2.24) is 19.5 Å². The Morgan fingerprint density at radius 3 is 2.48 bits per heavy atom. The number of aliphatic hydroxyl groups is 1. The van der Waals surface area contributed by atoms with Crippen LogP contribution in [-0.2, 0) is 0 Å². The van der Waals surface area contributed by atoms with Gasteiger partial charge < -0.3 is 14.4 Å². The third-order valence-corrected chi connectivity index (χ3v) is 5.14. The second kappa shape index (κ2) is 9.24. The molecule has 158 valence electrons. The summed E-state index contributed by atoms with van der Waals surface area (Å²) in [6, 6.07) is 14.7. The monoisotopic (exact) mass is 438 g/mol. The highest BCUT2D eigenvalue weighted by atomic mass is 35.5. The lowest BCUT2D eigenvalue weighted by Crippen LogP contribution is -2.13. The zero-order chi connectivity index (χ0) is 21.8. The lowest BCUT2D eigenvalue weighted by molar-refractivity contribution is 0.225. The van der Waals surface area contributed by atoms with Crippen LogP contribution in [0.5, 0.6) is 11.8 Å². The highest BCUT2D eigenvalue weighted by molar-refractivity contribution is 6.30. The lowest BCUT2D eigenvalue weighted by Gasteiger charge is -2.18. The van der Waals surface area contributed by atoms with E-state index in [0.29, 0.717) is 34.3 Å². The largest absolute Gasteiger partial charge is 0.424 e. The molecule has 0 bridgehead atoms. The van der Waals surface area contributed by atoms with Crippen molar-refractivity contribution in [2.75, 3.05) is 6.61 Å². The normalized spacial score (nSPS) is 12.0. The molecule has 2 heterocycles. The van der Waals surface area contributed by atoms with E-state index in [-0.39, 0.29) is 24.5 Å². The Hall–Kier alpha value is -3.29. The van der Waals surface area contributed by atoms with Crippen LogP contribution in [0, 0.1) is 5.82 Å². The maximum atomic E-state index is 13.4. The van der Waals surface area contributed by atoms with Crippen LogP contribution in [0.4, 0.5) is 4.39 Å². The van der Waals surface area contributed by atoms with Crippen LogP contribution in [0.25, 0.3) is 22.6 Å². The Morgan fingerprint density at radius 2 is 1.81 bits per heavy atom. The van der Waals surface area contributed by atoms with Gasteiger partial charge in [-0.1, -0.05) is 18.5 Å². The minimum atomic E-state index is -0.327. The van der Waals surface area contributed by atoms with E-state index in [1.165, 1.54) is 12.1 Å². The van der Waals surface area contributed by atoms with Gasteiger partial charge in [0, 0.05) is 16.8 Å². The van der Waals surface area contributed by atoms with Crippen LogP contribution in [0.2, 0.25) is 5.02 Å². The maximum Gasteiger partial charge on any atom is 0.322 e. The SMILES string of the molecule is CC[C@H](CO)n1cnc(-c2ccc(F)cc2)c1-c1ccnc(Oc2ccc(Cl)cc2)n1. The van der Waals surface area contributed by atoms with Crippen molar-refractivity contribution in [2.24, 2.45) is 0 Å². The zero-order valence-electron chi connectivity index (χ0n) is 16.7. The van der Waals surface area contributed by atoms with Crippen LogP contribution in [0.3, 0.4) is 0 Å². The van der Waals surface area contributed by atoms with Crippen molar-refractivity contribution in [3.05, 3.63) is 78.0 Å². The van der Waals surface area contributed by atoms with Gasteiger partial charge in [-0.25, -0.2) is 14.4 Å². The molecule has 0 saturated heterocycles. The number of rotatable bonds is 7. The topological polar surface area (TPSA) is 73.1 Å². The molecular weight excluding hydrogens is 419 g/mol. The lowest BCUT2D eigenvalue weighted by atomic mass is 10.1. The molecule has 2 aromatic heterocycles. The van der Waals surface area contributed by atoms with Crippen LogP contribution in [-0.4, -0.2) is 31.2 Å². The van der Waals surface area contributed by atoms with Gasteiger partial charge >= 0.3 is 6.01 Å². The number of benzene rings is 2. The zero-order valence-corrected chi connectivity index (χ0v) is 17.5. The second-order valence-electron chi connectivity index (χ2n) is 6.88. The summed E-state index contributed by atoms with van der Waals surface area (Å²) >= 11 is 5.93. The summed E-state index contributed by atoms with van der Waals surface area (Å²) in [7, 11) is 0. The van der Waals surface area contributed by atoms with Gasteiger partial charge in [0.25, 0.3) is 0 Å². The average Bonchev–Trinajstić information content (AvgIpc) is 3.22. The molecule has 0 fully saturated rings. The molecule has 6 nitrogen and oxygen atoms in total. The molecule has 0 aliphatic carbocycles. The quantitative estimate of drug-likeness (QED) is 0.410. The van der Waals surface area contributed by atoms with Crippen molar-refractivity contribution in [2.45, 2.75) is 19.4 Å². The summed E-state index contributed by atoms with van der Waals surface area (Å²) in [5.41, 5.74) is 2.63. The summed E-state index contributed by atoms with van der Waals surface area (Å²) in [5.74, 6) is 0.225. The molecule has 1 N–H and O–H groups in total. The number of aliphatic hydroxyl groups excluding tert-OH is 1. The van der Waals surface area contributed by atoms with Crippen molar-refractivity contribution < 1.29 is 14.2 Å². The first-order valence-electron chi connectivity index (χ1n) is 9.79. The van der Waals surface area contributed by atoms with Gasteiger partial charge in [-0.3, -0.25) is 0 Å². The van der Waals surface area contributed by atoms with E-state index in [9.17, 15) is 9.50 Å². The fourth-order valence-electron chi connectivity index (χ4n) is 3.25. The Kier molecular flexibility index (Phi) is 6.25. The van der Waals surface area contributed by atoms with Gasteiger partial charge in [0.2, 0.25) is 0 Å². The number of ether oxygens (including phenoxy) is 1. The van der Waals surface area contributed by atoms with E-state index in [4.69, 9.17) is 16.3 Å². The molecule has 0 amide bonds. The predicted octanol–water partition coefficient (Wildman–Crippen LogP) is 5.54. The molecule has 4 aromatic rings. The molecule has 0 unspecified atom stereocenters. The third kappa shape index (κ3) is 4.57. The van der Waals surface area contributed by atoms with Crippen LogP contribution in [0.15, 0.2) is 67.1 Å². The summed E-state index contributed by atoms with van der Waals surface area (Å²) in [5, 5.41) is 10.5. The van der Waals surface area contributed by atoms with E-state index in [1.807, 2.05) is 11.5 Å². The molecule has 0 radical (unpaired) electrons. The van der Waals surface area contributed by atoms with Gasteiger partial charge in [-0.15, -0.1) is 0 Å². The Balaban J connectivity index is 1.79. The number of hydrogen-bond acceptors (Lipinski definition) is 5. The fourth-order valence-corrected chi connectivity index (χ4v) is 3.38. The Bertz CT molecular complexity index is 1160. The number of halogens is 2. The van der Waals surface area contributed by atoms with E-state index in [1.54, 1.807) is 55.0 Å². The second-order valence-corrected chi connectivity index (χ2v) is 7.32. The smallest absolute Gasteiger partial charge is 0.322 e. The molecule has 0 aliphatic heterocycles. The number of nitrogens with zero attached hydrogens (tertiary/aromatic N) is 4. The van der Waals surface area contributed by atoms with Crippen LogP contribution < -0.4 is 4.74 Å². The average molecular weight is 439 g/mol. The molecule has 4 rings (SSSR count). The molecule has 0 spiro atoms. The number of aromatic nitrogens is 4. The minimum Gasteiger partial charge on any atom is -0.424 e. The molecule has 0 aliphatic rings. The van der Waals surface area contributed by atoms with Crippen molar-refractivity contribution in [3.8, 4) is 34.4 Å². The van der Waals surface area contributed by atoms with E-state index >= 15 is 0 Å². The first kappa shape index (κ1) is 21.0. The number of hydrogen-bond donors (Lipinski definition) is 1. The molecular formula is C23H20ClFN4O2. The molecule has 2 aromatic carbocycles. The summed E-state index contributed by atoms with van der Waals surface area (Å²) in [6.07, 6.45) is 3.96. The number of imidazole rings is 1. The van der Waals surface area contributed by atoms with E-state index in [2.05, 4.69) is 15.0 Å². The molecule has 8 heteroatoms. The predicted molar refractivity (Wildman–Crippen MR) is 117 cm³/mol. The first-order valence-corrected chi connectivity index (χ1v) is 10.2. The van der Waals surface area contributed by atoms with Gasteiger partial charge in [0.05, 0.1) is 36.1 Å². The van der Waals surface area contributed by atoms with Crippen LogP contribution in [0.1, 0.15) is 19.4 Å². The van der Waals surface area contributed by atoms with Crippen molar-refractivity contribution in [3.63, 3.8) is 0 Å². The Labute approximate surface area is 184 Å². The van der Waals surface area contributed by atoms with Crippen molar-refractivity contribution >= 4 is 11.6 Å². The fraction of sp³-hybridized carbons (Fsp3) is 0.174. The van der Waals surface area contributed by atoms with E-state index in [0.717, 1.165) is 5.56 Å². The summed E-state index contributed by atoms with van der Waals surface area (Å²) < 4.78 is 21.1. The standard InChI is InChI=1S/C23H20ClFN4O2/c1-2-18(13-30)29-14-27-21(15-3-7-17(25)8-4-15)22(29)20-11-12-26-23(28-20)31-19-9-5-16(24)6-10-19/h3-12,14,18,30H,2,13H2,1H3/t18-/m1/s1. The highest BCUT2D eigenvalue weighted by Crippen LogP contribution is 2.34. The minimum absolute atomic E-state index is 0.0536. The Morgan fingerprint density at radius 1 is 1.06 bits per heavy atom. The van der Waals surface area contributed by atoms with Crippen LogP contribution >= 0.6 is 11.6 Å². The highest BCUT2D eigenvalue weighted by Gasteiger charge is 2.21. The molecule has 1 atom stereocenters. The summed E-state index contributed by atoms with van der Waals surface area (Å²) in [4.78, 5) is 13.3. The van der Waals surface area contributed by atoms with E-state index < -0.39 is 0 Å². The first-order chi connectivity index (χ1) is 15.1. The van der Waals surface area contributed by atoms with Gasteiger partial charge in [-0.05, 0) is 61.0 Å². The summed E-state index contributed by atoms with van der Waals surface area (Å²) in [6.45, 7) is 1.93. The molecule has 0 saturated carbocycles. The maximum absolute atomic E-state index is 13.4. The van der Waals surface area contributed by atoms with Gasteiger partial charge in [-0.2, -0.15) is 4.98 Å². The van der Waals surface area contributed by atoms with Gasteiger partial charge in [0.1, 0.15) is 11.6 Å². The van der Waals surface area contributed by atoms with Crippen molar-refractivity contribution in [1.29, 1.82) is 0 Å². The van der Waals surface area contributed by atoms with Gasteiger partial charge in [0.15, 0.2) is 0 Å². The third-order valence-electron chi connectivity index (χ3n) is 4.89.